The Bertz CT molecular complexity index is 817. The number of carbonyl (C=O) groups excluding carboxylic acids is 2. The van der Waals surface area contributed by atoms with Crippen LogP contribution < -0.4 is 5.32 Å². The van der Waals surface area contributed by atoms with Crippen LogP contribution in [0.5, 0.6) is 0 Å². The van der Waals surface area contributed by atoms with Crippen LogP contribution in [0.25, 0.3) is 0 Å². The van der Waals surface area contributed by atoms with Gasteiger partial charge in [0.2, 0.25) is 0 Å². The van der Waals surface area contributed by atoms with E-state index in [2.05, 4.69) is 37.4 Å². The highest BCUT2D eigenvalue weighted by atomic mass is 32.2. The number of hydrogen-bond donors (Lipinski definition) is 1. The van der Waals surface area contributed by atoms with Crippen LogP contribution in [0.2, 0.25) is 0 Å². The summed E-state index contributed by atoms with van der Waals surface area (Å²) < 4.78 is 5.04. The maximum absolute atomic E-state index is 11.9. The minimum atomic E-state index is -0.318. The quantitative estimate of drug-likeness (QED) is 0.757. The van der Waals surface area contributed by atoms with Crippen LogP contribution >= 0.6 is 11.8 Å². The Morgan fingerprint density at radius 3 is 2.50 bits per heavy atom. The SMILES string of the molecule is Cc1ccc(C)c(Sc2ccc(NC(=O)COC(=O)[C@H]3C[C@H]3C)cc2)c1. The van der Waals surface area contributed by atoms with Gasteiger partial charge in [0.15, 0.2) is 6.61 Å². The average molecular weight is 369 g/mol. The van der Waals surface area contributed by atoms with E-state index in [0.29, 0.717) is 11.6 Å². The molecule has 26 heavy (non-hydrogen) atoms. The Morgan fingerprint density at radius 2 is 1.85 bits per heavy atom. The molecule has 0 aromatic heterocycles. The molecule has 136 valence electrons. The van der Waals surface area contributed by atoms with Crippen LogP contribution in [-0.2, 0) is 14.3 Å². The molecule has 0 heterocycles. The fourth-order valence-corrected chi connectivity index (χ4v) is 3.64. The monoisotopic (exact) mass is 369 g/mol. The van der Waals surface area contributed by atoms with Crippen molar-refractivity contribution in [2.24, 2.45) is 11.8 Å². The van der Waals surface area contributed by atoms with Crippen LogP contribution in [0.1, 0.15) is 24.5 Å². The normalized spacial score (nSPS) is 18.3. The van der Waals surface area contributed by atoms with Gasteiger partial charge in [0.05, 0.1) is 5.92 Å². The van der Waals surface area contributed by atoms with Gasteiger partial charge in [-0.05, 0) is 67.6 Å². The van der Waals surface area contributed by atoms with Crippen LogP contribution in [-0.4, -0.2) is 18.5 Å². The Balaban J connectivity index is 1.51. The van der Waals surface area contributed by atoms with Gasteiger partial charge in [-0.25, -0.2) is 0 Å². The molecule has 0 aliphatic heterocycles. The fourth-order valence-electron chi connectivity index (χ4n) is 2.64. The van der Waals surface area contributed by atoms with Gasteiger partial charge in [-0.2, -0.15) is 0 Å². The Kier molecular flexibility index (Phi) is 5.67. The molecule has 1 N–H and O–H groups in total. The molecule has 1 amide bonds. The molecule has 5 heteroatoms. The van der Waals surface area contributed by atoms with Crippen molar-refractivity contribution >= 4 is 29.3 Å². The van der Waals surface area contributed by atoms with Crippen LogP contribution in [0.3, 0.4) is 0 Å². The summed E-state index contributed by atoms with van der Waals surface area (Å²) in [5.41, 5.74) is 3.16. The maximum Gasteiger partial charge on any atom is 0.309 e. The van der Waals surface area contributed by atoms with Crippen LogP contribution in [0, 0.1) is 25.7 Å². The summed E-state index contributed by atoms with van der Waals surface area (Å²) in [6, 6.07) is 14.1. The Morgan fingerprint density at radius 1 is 1.15 bits per heavy atom. The summed E-state index contributed by atoms with van der Waals surface area (Å²) in [6.07, 6.45) is 0.861. The molecule has 2 atom stereocenters. The number of anilines is 1. The first-order valence-electron chi connectivity index (χ1n) is 8.74. The molecule has 4 nitrogen and oxygen atoms in total. The zero-order valence-electron chi connectivity index (χ0n) is 15.2. The van der Waals surface area contributed by atoms with E-state index in [9.17, 15) is 9.59 Å². The summed E-state index contributed by atoms with van der Waals surface area (Å²) in [7, 11) is 0. The summed E-state index contributed by atoms with van der Waals surface area (Å²) >= 11 is 1.70. The van der Waals surface area contributed by atoms with Crippen molar-refractivity contribution in [3.8, 4) is 0 Å². The number of ether oxygens (including phenoxy) is 1. The number of hydrogen-bond acceptors (Lipinski definition) is 4. The number of aryl methyl sites for hydroxylation is 2. The summed E-state index contributed by atoms with van der Waals surface area (Å²) in [5.74, 6) is -0.230. The first-order chi connectivity index (χ1) is 12.4. The van der Waals surface area contributed by atoms with E-state index in [-0.39, 0.29) is 24.4 Å². The van der Waals surface area contributed by atoms with Gasteiger partial charge in [0.1, 0.15) is 0 Å². The average Bonchev–Trinajstić information content (AvgIpc) is 3.34. The molecule has 2 aromatic rings. The molecule has 0 bridgehead atoms. The Hall–Kier alpha value is -2.27. The molecule has 0 spiro atoms. The third kappa shape index (κ3) is 4.88. The van der Waals surface area contributed by atoms with Gasteiger partial charge in [0, 0.05) is 15.5 Å². The first kappa shape index (κ1) is 18.5. The maximum atomic E-state index is 11.9. The minimum absolute atomic E-state index is 0.0239. The number of benzene rings is 2. The lowest BCUT2D eigenvalue weighted by atomic mass is 10.2. The van der Waals surface area contributed by atoms with E-state index < -0.39 is 0 Å². The first-order valence-corrected chi connectivity index (χ1v) is 9.55. The number of carbonyl (C=O) groups is 2. The second-order valence-electron chi connectivity index (χ2n) is 6.87. The van der Waals surface area contributed by atoms with E-state index in [0.717, 1.165) is 11.3 Å². The van der Waals surface area contributed by atoms with E-state index >= 15 is 0 Å². The van der Waals surface area contributed by atoms with Gasteiger partial charge in [-0.1, -0.05) is 30.8 Å². The van der Waals surface area contributed by atoms with Gasteiger partial charge in [-0.15, -0.1) is 0 Å². The molecule has 1 saturated carbocycles. The lowest BCUT2D eigenvalue weighted by Crippen LogP contribution is -2.21. The predicted octanol–water partition coefficient (Wildman–Crippen LogP) is 4.59. The fraction of sp³-hybridized carbons (Fsp3) is 0.333. The van der Waals surface area contributed by atoms with Crippen molar-refractivity contribution in [2.75, 3.05) is 11.9 Å². The van der Waals surface area contributed by atoms with E-state index in [1.807, 2.05) is 31.2 Å². The van der Waals surface area contributed by atoms with Crippen molar-refractivity contribution in [2.45, 2.75) is 37.0 Å². The number of esters is 1. The van der Waals surface area contributed by atoms with Gasteiger partial charge in [-0.3, -0.25) is 9.59 Å². The standard InChI is InChI=1S/C21H23NO3S/c1-13-4-5-14(2)19(10-13)26-17-8-6-16(7-9-17)22-20(23)12-25-21(24)18-11-15(18)3/h4-10,15,18H,11-12H2,1-3H3,(H,22,23)/t15-,18+/m1/s1. The number of nitrogens with one attached hydrogen (secondary N) is 1. The highest BCUT2D eigenvalue weighted by Crippen LogP contribution is 2.38. The van der Waals surface area contributed by atoms with Crippen molar-refractivity contribution in [3.05, 3.63) is 53.6 Å². The van der Waals surface area contributed by atoms with Gasteiger partial charge >= 0.3 is 5.97 Å². The predicted molar refractivity (Wildman–Crippen MR) is 103 cm³/mol. The van der Waals surface area contributed by atoms with Crippen molar-refractivity contribution < 1.29 is 14.3 Å². The summed E-state index contributed by atoms with van der Waals surface area (Å²) in [6.45, 7) is 5.95. The molecular formula is C21H23NO3S. The number of rotatable bonds is 6. The molecule has 1 aliphatic carbocycles. The van der Waals surface area contributed by atoms with Gasteiger partial charge < -0.3 is 10.1 Å². The summed E-state index contributed by atoms with van der Waals surface area (Å²) in [5, 5.41) is 2.75. The molecule has 3 rings (SSSR count). The van der Waals surface area contributed by atoms with Gasteiger partial charge in [0.25, 0.3) is 5.91 Å². The molecule has 0 saturated heterocycles. The third-order valence-corrected chi connectivity index (χ3v) is 5.63. The molecule has 0 unspecified atom stereocenters. The minimum Gasteiger partial charge on any atom is -0.455 e. The van der Waals surface area contributed by atoms with E-state index in [4.69, 9.17) is 4.74 Å². The van der Waals surface area contributed by atoms with E-state index in [1.165, 1.54) is 16.0 Å². The number of amides is 1. The molecule has 1 fully saturated rings. The third-order valence-electron chi connectivity index (χ3n) is 4.47. The van der Waals surface area contributed by atoms with Crippen molar-refractivity contribution in [3.63, 3.8) is 0 Å². The zero-order chi connectivity index (χ0) is 18.7. The molecule has 0 radical (unpaired) electrons. The smallest absolute Gasteiger partial charge is 0.309 e. The molecule has 2 aromatic carbocycles. The lowest BCUT2D eigenvalue weighted by Gasteiger charge is -2.09. The zero-order valence-corrected chi connectivity index (χ0v) is 16.1. The topological polar surface area (TPSA) is 55.4 Å². The van der Waals surface area contributed by atoms with Crippen LogP contribution in [0.4, 0.5) is 5.69 Å². The Labute approximate surface area is 158 Å². The van der Waals surface area contributed by atoms with Crippen molar-refractivity contribution in [1.82, 2.24) is 0 Å². The molecule has 1 aliphatic rings. The van der Waals surface area contributed by atoms with Crippen LogP contribution in [0.15, 0.2) is 52.3 Å². The summed E-state index contributed by atoms with van der Waals surface area (Å²) in [4.78, 5) is 25.9. The molecular weight excluding hydrogens is 346 g/mol. The van der Waals surface area contributed by atoms with Crippen molar-refractivity contribution in [1.29, 1.82) is 0 Å². The largest absolute Gasteiger partial charge is 0.455 e. The van der Waals surface area contributed by atoms with E-state index in [1.54, 1.807) is 11.8 Å². The second-order valence-corrected chi connectivity index (χ2v) is 7.99. The highest BCUT2D eigenvalue weighted by molar-refractivity contribution is 7.99. The lowest BCUT2D eigenvalue weighted by molar-refractivity contribution is -0.148. The highest BCUT2D eigenvalue weighted by Gasteiger charge is 2.40. The second kappa shape index (κ2) is 7.96.